The van der Waals surface area contributed by atoms with Crippen molar-refractivity contribution in [1.29, 1.82) is 0 Å². The molecule has 0 aromatic rings. The molecule has 98 valence electrons. The van der Waals surface area contributed by atoms with Crippen LogP contribution in [0.3, 0.4) is 0 Å². The number of Topliss-reactive ketones (excluding diaryl/α,β-unsaturated/α-hetero) is 1. The molecule has 0 bridgehead atoms. The molecule has 4 nitrogen and oxygen atoms in total. The van der Waals surface area contributed by atoms with Crippen LogP contribution in [0.25, 0.3) is 0 Å². The summed E-state index contributed by atoms with van der Waals surface area (Å²) < 4.78 is 5.31. The first-order chi connectivity index (χ1) is 7.83. The number of hydrogen-bond acceptors (Lipinski definition) is 3. The second-order valence-corrected chi connectivity index (χ2v) is 5.59. The summed E-state index contributed by atoms with van der Waals surface area (Å²) in [6.07, 6.45) is 2.03. The zero-order valence-corrected chi connectivity index (χ0v) is 11.3. The summed E-state index contributed by atoms with van der Waals surface area (Å²) in [5, 5.41) is 0. The predicted molar refractivity (Wildman–Crippen MR) is 65.8 cm³/mol. The smallest absolute Gasteiger partial charge is 0.410 e. The maximum absolute atomic E-state index is 11.9. The van der Waals surface area contributed by atoms with E-state index in [0.29, 0.717) is 19.5 Å². The molecule has 1 aliphatic rings. The lowest BCUT2D eigenvalue weighted by Crippen LogP contribution is -2.44. The second-order valence-electron chi connectivity index (χ2n) is 5.59. The number of rotatable bonds is 2. The Morgan fingerprint density at radius 1 is 1.35 bits per heavy atom. The first kappa shape index (κ1) is 14.0. The van der Waals surface area contributed by atoms with E-state index in [4.69, 9.17) is 4.74 Å². The summed E-state index contributed by atoms with van der Waals surface area (Å²) >= 11 is 0. The monoisotopic (exact) mass is 241 g/mol. The number of piperidine rings is 1. The van der Waals surface area contributed by atoms with Gasteiger partial charge in [-0.1, -0.05) is 6.92 Å². The molecule has 1 atom stereocenters. The van der Waals surface area contributed by atoms with E-state index in [1.165, 1.54) is 0 Å². The summed E-state index contributed by atoms with van der Waals surface area (Å²) in [7, 11) is 0. The van der Waals surface area contributed by atoms with Crippen LogP contribution in [-0.2, 0) is 9.53 Å². The molecule has 0 spiro atoms. The lowest BCUT2D eigenvalue weighted by Gasteiger charge is -2.33. The largest absolute Gasteiger partial charge is 0.444 e. The minimum absolute atomic E-state index is 0.00117. The molecule has 1 heterocycles. The summed E-state index contributed by atoms with van der Waals surface area (Å²) in [6, 6.07) is 0. The number of hydrogen-bond donors (Lipinski definition) is 0. The molecule has 1 saturated heterocycles. The molecule has 0 saturated carbocycles. The Labute approximate surface area is 103 Å². The predicted octanol–water partition coefficient (Wildman–Crippen LogP) is 2.61. The standard InChI is InChI=1S/C13H23NO3/c1-5-11(15)10-7-6-8-14(9-10)12(16)17-13(2,3)4/h10H,5-9H2,1-4H3/t10-/m1/s1. The van der Waals surface area contributed by atoms with Gasteiger partial charge in [-0.3, -0.25) is 4.79 Å². The Morgan fingerprint density at radius 2 is 2.00 bits per heavy atom. The third-order valence-electron chi connectivity index (χ3n) is 2.88. The zero-order chi connectivity index (χ0) is 13.1. The fourth-order valence-electron chi connectivity index (χ4n) is 2.02. The van der Waals surface area contributed by atoms with E-state index in [9.17, 15) is 9.59 Å². The van der Waals surface area contributed by atoms with Crippen LogP contribution in [0.5, 0.6) is 0 Å². The molecule has 17 heavy (non-hydrogen) atoms. The average Bonchev–Trinajstić information content (AvgIpc) is 2.26. The second kappa shape index (κ2) is 5.52. The average molecular weight is 241 g/mol. The third kappa shape index (κ3) is 4.36. The van der Waals surface area contributed by atoms with Gasteiger partial charge in [-0.05, 0) is 33.6 Å². The van der Waals surface area contributed by atoms with Crippen molar-refractivity contribution in [2.24, 2.45) is 5.92 Å². The van der Waals surface area contributed by atoms with Crippen molar-refractivity contribution in [3.8, 4) is 0 Å². The maximum atomic E-state index is 11.9. The van der Waals surface area contributed by atoms with Crippen molar-refractivity contribution in [1.82, 2.24) is 4.90 Å². The number of carbonyl (C=O) groups excluding carboxylic acids is 2. The van der Waals surface area contributed by atoms with Gasteiger partial charge in [0.05, 0.1) is 0 Å². The fourth-order valence-corrected chi connectivity index (χ4v) is 2.02. The van der Waals surface area contributed by atoms with Gasteiger partial charge in [0.1, 0.15) is 11.4 Å². The Hall–Kier alpha value is -1.06. The molecule has 1 rings (SSSR count). The molecule has 1 amide bonds. The van der Waals surface area contributed by atoms with Gasteiger partial charge in [-0.2, -0.15) is 0 Å². The summed E-state index contributed by atoms with van der Waals surface area (Å²) in [5.74, 6) is 0.250. The van der Waals surface area contributed by atoms with Crippen molar-refractivity contribution >= 4 is 11.9 Å². The van der Waals surface area contributed by atoms with Gasteiger partial charge in [-0.15, -0.1) is 0 Å². The summed E-state index contributed by atoms with van der Waals surface area (Å²) in [5.41, 5.74) is -0.473. The molecule has 0 unspecified atom stereocenters. The van der Waals surface area contributed by atoms with E-state index in [1.54, 1.807) is 4.90 Å². The highest BCUT2D eigenvalue weighted by Gasteiger charge is 2.29. The van der Waals surface area contributed by atoms with E-state index in [1.807, 2.05) is 27.7 Å². The molecule has 0 aliphatic carbocycles. The number of likely N-dealkylation sites (tertiary alicyclic amines) is 1. The lowest BCUT2D eigenvalue weighted by molar-refractivity contribution is -0.124. The van der Waals surface area contributed by atoms with Crippen molar-refractivity contribution in [3.05, 3.63) is 0 Å². The van der Waals surface area contributed by atoms with Crippen LogP contribution in [-0.4, -0.2) is 35.5 Å². The van der Waals surface area contributed by atoms with Gasteiger partial charge in [0.2, 0.25) is 0 Å². The van der Waals surface area contributed by atoms with Gasteiger partial charge in [-0.25, -0.2) is 4.79 Å². The number of nitrogens with zero attached hydrogens (tertiary/aromatic N) is 1. The molecule has 1 fully saturated rings. The van der Waals surface area contributed by atoms with Crippen LogP contribution in [0.15, 0.2) is 0 Å². The van der Waals surface area contributed by atoms with Crippen LogP contribution in [0.4, 0.5) is 4.79 Å². The third-order valence-corrected chi connectivity index (χ3v) is 2.88. The molecule has 0 radical (unpaired) electrons. The summed E-state index contributed by atoms with van der Waals surface area (Å²) in [4.78, 5) is 25.2. The van der Waals surface area contributed by atoms with Gasteiger partial charge < -0.3 is 9.64 Å². The van der Waals surface area contributed by atoms with Crippen LogP contribution < -0.4 is 0 Å². The number of ketones is 1. The number of carbonyl (C=O) groups is 2. The zero-order valence-electron chi connectivity index (χ0n) is 11.3. The molecular formula is C13H23NO3. The highest BCUT2D eigenvalue weighted by atomic mass is 16.6. The molecule has 0 aromatic carbocycles. The van der Waals surface area contributed by atoms with Crippen LogP contribution in [0.2, 0.25) is 0 Å². The number of ether oxygens (including phenoxy) is 1. The molecule has 4 heteroatoms. The van der Waals surface area contributed by atoms with Crippen LogP contribution in [0, 0.1) is 5.92 Å². The number of amides is 1. The van der Waals surface area contributed by atoms with Gasteiger partial charge in [0.25, 0.3) is 0 Å². The Balaban J connectivity index is 2.55. The molecule has 0 N–H and O–H groups in total. The minimum Gasteiger partial charge on any atom is -0.444 e. The van der Waals surface area contributed by atoms with Gasteiger partial charge in [0, 0.05) is 25.4 Å². The Kier molecular flexibility index (Phi) is 4.54. The fraction of sp³-hybridized carbons (Fsp3) is 0.846. The van der Waals surface area contributed by atoms with Crippen LogP contribution in [0.1, 0.15) is 47.0 Å². The van der Waals surface area contributed by atoms with E-state index in [0.717, 1.165) is 12.8 Å². The molecule has 0 aromatic heterocycles. The SMILES string of the molecule is CCC(=O)[C@@H]1CCCN(C(=O)OC(C)(C)C)C1. The van der Waals surface area contributed by atoms with E-state index >= 15 is 0 Å². The van der Waals surface area contributed by atoms with Crippen molar-refractivity contribution < 1.29 is 14.3 Å². The lowest BCUT2D eigenvalue weighted by atomic mass is 9.93. The maximum Gasteiger partial charge on any atom is 0.410 e. The highest BCUT2D eigenvalue weighted by Crippen LogP contribution is 2.20. The van der Waals surface area contributed by atoms with E-state index < -0.39 is 5.60 Å². The highest BCUT2D eigenvalue weighted by molar-refractivity contribution is 5.81. The van der Waals surface area contributed by atoms with E-state index in [2.05, 4.69) is 0 Å². The van der Waals surface area contributed by atoms with Crippen molar-refractivity contribution in [2.45, 2.75) is 52.6 Å². The van der Waals surface area contributed by atoms with E-state index in [-0.39, 0.29) is 17.8 Å². The quantitative estimate of drug-likeness (QED) is 0.746. The normalized spacial score (nSPS) is 21.2. The summed E-state index contributed by atoms with van der Waals surface area (Å²) in [6.45, 7) is 8.63. The Bertz CT molecular complexity index is 294. The van der Waals surface area contributed by atoms with Gasteiger partial charge >= 0.3 is 6.09 Å². The minimum atomic E-state index is -0.473. The van der Waals surface area contributed by atoms with Crippen molar-refractivity contribution in [2.75, 3.05) is 13.1 Å². The Morgan fingerprint density at radius 3 is 2.53 bits per heavy atom. The van der Waals surface area contributed by atoms with Crippen LogP contribution >= 0.6 is 0 Å². The first-order valence-corrected chi connectivity index (χ1v) is 6.34. The molecular weight excluding hydrogens is 218 g/mol. The topological polar surface area (TPSA) is 46.6 Å². The van der Waals surface area contributed by atoms with Crippen molar-refractivity contribution in [3.63, 3.8) is 0 Å². The first-order valence-electron chi connectivity index (χ1n) is 6.34. The molecule has 1 aliphatic heterocycles. The van der Waals surface area contributed by atoms with Gasteiger partial charge in [0.15, 0.2) is 0 Å².